The van der Waals surface area contributed by atoms with Crippen LogP contribution in [0, 0.1) is 0 Å². The molecule has 2 aliphatic rings. The van der Waals surface area contributed by atoms with Gasteiger partial charge in [0.2, 0.25) is 0 Å². The van der Waals surface area contributed by atoms with Crippen molar-refractivity contribution in [1.82, 2.24) is 4.90 Å². The first-order chi connectivity index (χ1) is 14.5. The molecule has 3 rings (SSSR count). The van der Waals surface area contributed by atoms with Gasteiger partial charge in [-0.3, -0.25) is 9.59 Å². The van der Waals surface area contributed by atoms with Gasteiger partial charge in [-0.15, -0.1) is 6.58 Å². The second-order valence-corrected chi connectivity index (χ2v) is 7.92. The van der Waals surface area contributed by atoms with E-state index in [0.717, 1.165) is 18.4 Å². The highest BCUT2D eigenvalue weighted by molar-refractivity contribution is 6.20. The Bertz CT molecular complexity index is 846. The van der Waals surface area contributed by atoms with Gasteiger partial charge in [0.15, 0.2) is 17.3 Å². The summed E-state index contributed by atoms with van der Waals surface area (Å²) in [5.41, 5.74) is 0.602. The predicted octanol–water partition coefficient (Wildman–Crippen LogP) is 3.44. The van der Waals surface area contributed by atoms with E-state index >= 15 is 0 Å². The van der Waals surface area contributed by atoms with Crippen molar-refractivity contribution in [3.63, 3.8) is 0 Å². The zero-order chi connectivity index (χ0) is 21.7. The van der Waals surface area contributed by atoms with Gasteiger partial charge in [-0.1, -0.05) is 24.3 Å². The SMILES string of the molecule is C=CC[C@]1(c2cccc(OC)c2OC)C=C(C(=O)N2CCC[C@H]2COC)C(=O)CC1. The summed E-state index contributed by atoms with van der Waals surface area (Å²) in [6, 6.07) is 5.73. The molecule has 6 nitrogen and oxygen atoms in total. The molecule has 6 heteroatoms. The first kappa shape index (κ1) is 22.1. The summed E-state index contributed by atoms with van der Waals surface area (Å²) in [6.45, 7) is 5.06. The van der Waals surface area contributed by atoms with E-state index in [9.17, 15) is 9.59 Å². The molecule has 1 heterocycles. The number of benzene rings is 1. The Morgan fingerprint density at radius 2 is 2.10 bits per heavy atom. The Kier molecular flexibility index (Phi) is 6.98. The third kappa shape index (κ3) is 4.01. The van der Waals surface area contributed by atoms with Crippen molar-refractivity contribution in [2.45, 2.75) is 43.6 Å². The van der Waals surface area contributed by atoms with E-state index in [-0.39, 0.29) is 23.3 Å². The van der Waals surface area contributed by atoms with Crippen LogP contribution >= 0.6 is 0 Å². The number of carbonyl (C=O) groups is 2. The van der Waals surface area contributed by atoms with E-state index in [4.69, 9.17) is 14.2 Å². The maximum atomic E-state index is 13.4. The van der Waals surface area contributed by atoms with Crippen molar-refractivity contribution < 1.29 is 23.8 Å². The number of hydrogen-bond acceptors (Lipinski definition) is 5. The number of likely N-dealkylation sites (tertiary alicyclic amines) is 1. The van der Waals surface area contributed by atoms with Gasteiger partial charge in [0, 0.05) is 31.1 Å². The van der Waals surface area contributed by atoms with Gasteiger partial charge in [0.05, 0.1) is 32.4 Å². The van der Waals surface area contributed by atoms with Crippen LogP contribution in [0.5, 0.6) is 11.5 Å². The van der Waals surface area contributed by atoms with Crippen molar-refractivity contribution in [1.29, 1.82) is 0 Å². The number of methoxy groups -OCH3 is 3. The Morgan fingerprint density at radius 3 is 2.77 bits per heavy atom. The lowest BCUT2D eigenvalue weighted by Crippen LogP contribution is -2.42. The third-order valence-electron chi connectivity index (χ3n) is 6.19. The van der Waals surface area contributed by atoms with Crippen LogP contribution in [0.15, 0.2) is 42.5 Å². The number of amides is 1. The molecule has 1 aliphatic carbocycles. The lowest BCUT2D eigenvalue weighted by molar-refractivity contribution is -0.131. The molecule has 30 heavy (non-hydrogen) atoms. The van der Waals surface area contributed by atoms with E-state index in [1.165, 1.54) is 0 Å². The normalized spacial score (nSPS) is 23.8. The zero-order valence-electron chi connectivity index (χ0n) is 18.1. The molecule has 1 saturated heterocycles. The number of ketones is 1. The Morgan fingerprint density at radius 1 is 1.30 bits per heavy atom. The predicted molar refractivity (Wildman–Crippen MR) is 115 cm³/mol. The number of nitrogens with zero attached hydrogens (tertiary/aromatic N) is 1. The van der Waals surface area contributed by atoms with Crippen LogP contribution in [0.25, 0.3) is 0 Å². The number of allylic oxidation sites excluding steroid dienone is 2. The van der Waals surface area contributed by atoms with Crippen LogP contribution in [0.4, 0.5) is 0 Å². The van der Waals surface area contributed by atoms with Crippen molar-refractivity contribution >= 4 is 11.7 Å². The molecule has 0 unspecified atom stereocenters. The largest absolute Gasteiger partial charge is 0.493 e. The monoisotopic (exact) mass is 413 g/mol. The number of carbonyl (C=O) groups excluding carboxylic acids is 2. The van der Waals surface area contributed by atoms with E-state index < -0.39 is 5.41 Å². The van der Waals surface area contributed by atoms with Crippen LogP contribution in [-0.4, -0.2) is 57.1 Å². The van der Waals surface area contributed by atoms with Gasteiger partial charge in [-0.05, 0) is 31.7 Å². The Labute approximate surface area is 178 Å². The van der Waals surface area contributed by atoms with E-state index in [2.05, 4.69) is 6.58 Å². The molecule has 0 bridgehead atoms. The molecule has 0 radical (unpaired) electrons. The topological polar surface area (TPSA) is 65.1 Å². The molecular weight excluding hydrogens is 382 g/mol. The fraction of sp³-hybridized carbons (Fsp3) is 0.500. The quantitative estimate of drug-likeness (QED) is 0.482. The van der Waals surface area contributed by atoms with Crippen molar-refractivity contribution in [3.8, 4) is 11.5 Å². The summed E-state index contributed by atoms with van der Waals surface area (Å²) in [4.78, 5) is 28.0. The van der Waals surface area contributed by atoms with E-state index in [0.29, 0.717) is 43.9 Å². The number of Topliss-reactive ketones (excluding diaryl/α,β-unsaturated/α-hetero) is 1. The summed E-state index contributed by atoms with van der Waals surface area (Å²) in [5, 5.41) is 0. The van der Waals surface area contributed by atoms with Crippen LogP contribution in [0.2, 0.25) is 0 Å². The summed E-state index contributed by atoms with van der Waals surface area (Å²) in [6.07, 6.45) is 6.96. The Hall–Kier alpha value is -2.60. The summed E-state index contributed by atoms with van der Waals surface area (Å²) in [7, 11) is 4.84. The van der Waals surface area contributed by atoms with Gasteiger partial charge in [-0.2, -0.15) is 0 Å². The first-order valence-electron chi connectivity index (χ1n) is 10.4. The maximum absolute atomic E-state index is 13.4. The molecule has 2 atom stereocenters. The molecule has 1 aromatic carbocycles. The highest BCUT2D eigenvalue weighted by Crippen LogP contribution is 2.47. The maximum Gasteiger partial charge on any atom is 0.257 e. The molecule has 1 aromatic rings. The Balaban J connectivity index is 2.08. The highest BCUT2D eigenvalue weighted by atomic mass is 16.5. The third-order valence-corrected chi connectivity index (χ3v) is 6.19. The van der Waals surface area contributed by atoms with Crippen molar-refractivity contribution in [2.24, 2.45) is 0 Å². The van der Waals surface area contributed by atoms with Crippen molar-refractivity contribution in [3.05, 3.63) is 48.1 Å². The molecule has 0 spiro atoms. The van der Waals surface area contributed by atoms with Crippen LogP contribution < -0.4 is 9.47 Å². The number of para-hydroxylation sites is 1. The number of hydrogen-bond donors (Lipinski definition) is 0. The molecule has 1 aliphatic heterocycles. The average molecular weight is 414 g/mol. The minimum atomic E-state index is -0.559. The van der Waals surface area contributed by atoms with Gasteiger partial charge in [0.25, 0.3) is 5.91 Å². The van der Waals surface area contributed by atoms with Crippen LogP contribution in [-0.2, 0) is 19.7 Å². The first-order valence-corrected chi connectivity index (χ1v) is 10.4. The number of ether oxygens (including phenoxy) is 3. The fourth-order valence-electron chi connectivity index (χ4n) is 4.72. The molecule has 1 amide bonds. The molecule has 1 fully saturated rings. The lowest BCUT2D eigenvalue weighted by Gasteiger charge is -2.36. The second-order valence-electron chi connectivity index (χ2n) is 7.92. The summed E-state index contributed by atoms with van der Waals surface area (Å²) >= 11 is 0. The van der Waals surface area contributed by atoms with Gasteiger partial charge < -0.3 is 19.1 Å². The number of rotatable bonds is 8. The summed E-state index contributed by atoms with van der Waals surface area (Å²) in [5.74, 6) is 0.938. The van der Waals surface area contributed by atoms with E-state index in [1.807, 2.05) is 30.4 Å². The van der Waals surface area contributed by atoms with Crippen molar-refractivity contribution in [2.75, 3.05) is 34.5 Å². The van der Waals surface area contributed by atoms with E-state index in [1.54, 1.807) is 26.2 Å². The molecular formula is C24H31NO5. The fourth-order valence-corrected chi connectivity index (χ4v) is 4.72. The van der Waals surface area contributed by atoms with Crippen LogP contribution in [0.1, 0.15) is 37.7 Å². The lowest BCUT2D eigenvalue weighted by atomic mass is 9.68. The minimum Gasteiger partial charge on any atom is -0.493 e. The minimum absolute atomic E-state index is 0.0123. The highest BCUT2D eigenvalue weighted by Gasteiger charge is 2.41. The second kappa shape index (κ2) is 9.47. The van der Waals surface area contributed by atoms with Gasteiger partial charge in [-0.25, -0.2) is 0 Å². The summed E-state index contributed by atoms with van der Waals surface area (Å²) < 4.78 is 16.4. The van der Waals surface area contributed by atoms with Crippen LogP contribution in [0.3, 0.4) is 0 Å². The average Bonchev–Trinajstić information content (AvgIpc) is 3.22. The molecule has 162 valence electrons. The smallest absolute Gasteiger partial charge is 0.257 e. The standard InChI is InChI=1S/C24H31NO5/c1-5-12-24(19-9-6-10-21(29-3)22(19)30-4)13-11-20(26)18(15-24)23(27)25-14-7-8-17(25)16-28-2/h5-6,9-10,15,17H,1,7-8,11-14,16H2,2-4H3/t17-,24+/m0/s1. The molecule has 0 N–H and O–H groups in total. The van der Waals surface area contributed by atoms with Gasteiger partial charge in [0.1, 0.15) is 0 Å². The molecule has 0 aromatic heterocycles. The molecule has 0 saturated carbocycles. The zero-order valence-corrected chi connectivity index (χ0v) is 18.1. The van der Waals surface area contributed by atoms with Gasteiger partial charge >= 0.3 is 0 Å².